The molecule has 1 atom stereocenters. The highest BCUT2D eigenvalue weighted by molar-refractivity contribution is 14.1. The monoisotopic (exact) mass is 482 g/mol. The Balaban J connectivity index is 1.88. The molecule has 1 aromatic rings. The Morgan fingerprint density at radius 1 is 1.23 bits per heavy atom. The molecule has 1 aromatic carbocycles. The van der Waals surface area contributed by atoms with Gasteiger partial charge in [-0.1, -0.05) is 18.2 Å². The Morgan fingerprint density at radius 3 is 2.65 bits per heavy atom. The molecule has 0 saturated heterocycles. The van der Waals surface area contributed by atoms with Crippen LogP contribution in [0.1, 0.15) is 6.42 Å². The molecule has 136 valence electrons. The van der Waals surface area contributed by atoms with E-state index in [9.17, 15) is 8.42 Å². The molecule has 0 spiro atoms. The van der Waals surface area contributed by atoms with Gasteiger partial charge in [0.05, 0.1) is 14.9 Å². The number of hydrogen-bond donors (Lipinski definition) is 0. The van der Waals surface area contributed by atoms with Crippen LogP contribution in [0.25, 0.3) is 0 Å². The third kappa shape index (κ3) is 2.73. The highest BCUT2D eigenvalue weighted by Crippen LogP contribution is 2.47. The fourth-order valence-electron chi connectivity index (χ4n) is 3.64. The van der Waals surface area contributed by atoms with E-state index in [-0.39, 0.29) is 10.9 Å². The van der Waals surface area contributed by atoms with Crippen molar-refractivity contribution >= 4 is 32.6 Å². The second-order valence-corrected chi connectivity index (χ2v) is 9.50. The zero-order chi connectivity index (χ0) is 18.5. The molecule has 0 saturated carbocycles. The first kappa shape index (κ1) is 17.8. The van der Waals surface area contributed by atoms with Gasteiger partial charge >= 0.3 is 0 Å². The van der Waals surface area contributed by atoms with Gasteiger partial charge in [-0.3, -0.25) is 0 Å². The number of halogens is 1. The average Bonchev–Trinajstić information content (AvgIpc) is 2.89. The lowest BCUT2D eigenvalue weighted by Crippen LogP contribution is -2.29. The van der Waals surface area contributed by atoms with Gasteiger partial charge in [-0.2, -0.15) is 0 Å². The normalized spacial score (nSPS) is 22.4. The maximum atomic E-state index is 13.2. The molecular formula is C19H19IN2O3S. The van der Waals surface area contributed by atoms with Crippen molar-refractivity contribution in [2.45, 2.75) is 17.4 Å². The minimum Gasteiger partial charge on any atom is -0.497 e. The van der Waals surface area contributed by atoms with Crippen molar-refractivity contribution in [3.8, 4) is 0 Å². The summed E-state index contributed by atoms with van der Waals surface area (Å²) in [7, 11) is 0.434. The van der Waals surface area contributed by atoms with Crippen LogP contribution >= 0.6 is 22.6 Å². The van der Waals surface area contributed by atoms with Crippen LogP contribution in [-0.2, 0) is 14.8 Å². The summed E-state index contributed by atoms with van der Waals surface area (Å²) in [6, 6.07) is 8.77. The highest BCUT2D eigenvalue weighted by Gasteiger charge is 2.40. The molecule has 3 aliphatic rings. The van der Waals surface area contributed by atoms with Crippen LogP contribution in [-0.4, -0.2) is 44.4 Å². The zero-order valence-corrected chi connectivity index (χ0v) is 17.5. The van der Waals surface area contributed by atoms with E-state index in [1.54, 1.807) is 36.7 Å². The summed E-state index contributed by atoms with van der Waals surface area (Å²) < 4.78 is 34.2. The minimum atomic E-state index is -3.66. The zero-order valence-electron chi connectivity index (χ0n) is 14.5. The van der Waals surface area contributed by atoms with Crippen molar-refractivity contribution in [2.24, 2.45) is 0 Å². The van der Waals surface area contributed by atoms with Gasteiger partial charge in [0.25, 0.3) is 10.0 Å². The molecule has 0 fully saturated rings. The van der Waals surface area contributed by atoms with E-state index in [0.29, 0.717) is 6.61 Å². The molecule has 4 rings (SSSR count). The van der Waals surface area contributed by atoms with Gasteiger partial charge in [0, 0.05) is 17.8 Å². The highest BCUT2D eigenvalue weighted by atomic mass is 127. The van der Waals surface area contributed by atoms with E-state index in [2.05, 4.69) is 27.5 Å². The first-order valence-corrected chi connectivity index (χ1v) is 10.8. The van der Waals surface area contributed by atoms with Crippen molar-refractivity contribution < 1.29 is 13.2 Å². The van der Waals surface area contributed by atoms with Gasteiger partial charge in [0.1, 0.15) is 6.61 Å². The number of nitrogens with zero attached hydrogens (tertiary/aromatic N) is 2. The second kappa shape index (κ2) is 6.54. The number of sulfonamides is 1. The van der Waals surface area contributed by atoms with E-state index >= 15 is 0 Å². The molecule has 2 aliphatic heterocycles. The summed E-state index contributed by atoms with van der Waals surface area (Å²) in [6.45, 7) is 0.533. The van der Waals surface area contributed by atoms with Crippen molar-refractivity contribution in [1.29, 1.82) is 0 Å². The quantitative estimate of drug-likeness (QED) is 0.490. The molecular weight excluding hydrogens is 463 g/mol. The predicted octanol–water partition coefficient (Wildman–Crippen LogP) is 3.40. The lowest BCUT2D eigenvalue weighted by molar-refractivity contribution is 0.248. The second-order valence-electron chi connectivity index (χ2n) is 6.67. The number of rotatable bonds is 3. The fraction of sp³-hybridized carbons (Fsp3) is 0.263. The Morgan fingerprint density at radius 2 is 1.96 bits per heavy atom. The minimum absolute atomic E-state index is 0.215. The van der Waals surface area contributed by atoms with E-state index in [1.807, 2.05) is 26.2 Å². The summed E-state index contributed by atoms with van der Waals surface area (Å²) in [5, 5.41) is 0. The Bertz CT molecular complexity index is 975. The number of allylic oxidation sites excluding steroid dienone is 3. The topological polar surface area (TPSA) is 49.9 Å². The molecule has 0 radical (unpaired) electrons. The largest absolute Gasteiger partial charge is 0.497 e. The Hall–Kier alpha value is -1.58. The molecule has 1 aliphatic carbocycles. The standard InChI is InChI=1S/C19H19IN2O3S/c1-21(2)17-10-15-18-13(8-9-25-12-16(17)18)11-22(19(15)20)26(23,24)14-6-4-3-5-7-14/h3-9,11,17H,10,12H2,1-2H3. The van der Waals surface area contributed by atoms with Gasteiger partial charge in [-0.25, -0.2) is 12.7 Å². The molecule has 0 N–H and O–H groups in total. The van der Waals surface area contributed by atoms with Crippen molar-refractivity contribution in [3.05, 3.63) is 74.9 Å². The van der Waals surface area contributed by atoms with E-state index in [1.165, 1.54) is 9.88 Å². The molecule has 2 heterocycles. The molecule has 0 bridgehead atoms. The SMILES string of the molecule is CN(C)C1CC2=C(I)N(S(=O)(=O)c3ccccc3)C=C3C=COCC1=C32. The van der Waals surface area contributed by atoms with Crippen LogP contribution in [0, 0.1) is 0 Å². The van der Waals surface area contributed by atoms with Crippen LogP contribution in [0.2, 0.25) is 0 Å². The first-order chi connectivity index (χ1) is 12.4. The summed E-state index contributed by atoms with van der Waals surface area (Å²) in [6.07, 6.45) is 6.01. The van der Waals surface area contributed by atoms with Crippen molar-refractivity contribution in [3.63, 3.8) is 0 Å². The van der Waals surface area contributed by atoms with Gasteiger partial charge in [-0.05, 0) is 78.0 Å². The van der Waals surface area contributed by atoms with Gasteiger partial charge in [0.15, 0.2) is 0 Å². The fourth-order valence-corrected chi connectivity index (χ4v) is 6.34. The third-order valence-electron chi connectivity index (χ3n) is 4.92. The van der Waals surface area contributed by atoms with Crippen LogP contribution < -0.4 is 0 Å². The maximum absolute atomic E-state index is 13.2. The smallest absolute Gasteiger partial charge is 0.268 e. The van der Waals surface area contributed by atoms with E-state index in [4.69, 9.17) is 4.74 Å². The van der Waals surface area contributed by atoms with Crippen molar-refractivity contribution in [2.75, 3.05) is 20.7 Å². The van der Waals surface area contributed by atoms with Crippen LogP contribution in [0.3, 0.4) is 0 Å². The van der Waals surface area contributed by atoms with Crippen LogP contribution in [0.4, 0.5) is 0 Å². The molecule has 0 amide bonds. The lowest BCUT2D eigenvalue weighted by atomic mass is 9.98. The number of likely N-dealkylation sites (N-methyl/N-ethyl adjacent to an activating group) is 1. The lowest BCUT2D eigenvalue weighted by Gasteiger charge is -2.28. The Labute approximate surface area is 167 Å². The molecule has 26 heavy (non-hydrogen) atoms. The molecule has 7 heteroatoms. The molecule has 5 nitrogen and oxygen atoms in total. The maximum Gasteiger partial charge on any atom is 0.268 e. The Kier molecular flexibility index (Phi) is 4.48. The summed E-state index contributed by atoms with van der Waals surface area (Å²) in [5.41, 5.74) is 4.32. The van der Waals surface area contributed by atoms with Crippen LogP contribution in [0.5, 0.6) is 0 Å². The van der Waals surface area contributed by atoms with E-state index < -0.39 is 10.0 Å². The first-order valence-electron chi connectivity index (χ1n) is 8.29. The van der Waals surface area contributed by atoms with Crippen molar-refractivity contribution in [1.82, 2.24) is 9.21 Å². The van der Waals surface area contributed by atoms with Gasteiger partial charge in [-0.15, -0.1) is 0 Å². The molecule has 1 unspecified atom stereocenters. The number of ether oxygens (including phenoxy) is 1. The van der Waals surface area contributed by atoms with E-state index in [0.717, 1.165) is 26.8 Å². The predicted molar refractivity (Wildman–Crippen MR) is 109 cm³/mol. The number of hydrogen-bond acceptors (Lipinski definition) is 4. The summed E-state index contributed by atoms with van der Waals surface area (Å²) in [5.74, 6) is 0. The average molecular weight is 482 g/mol. The molecule has 0 aromatic heterocycles. The van der Waals surface area contributed by atoms with Crippen LogP contribution in [0.15, 0.2) is 79.8 Å². The van der Waals surface area contributed by atoms with Gasteiger partial charge < -0.3 is 9.64 Å². The summed E-state index contributed by atoms with van der Waals surface area (Å²) >= 11 is 2.16. The summed E-state index contributed by atoms with van der Waals surface area (Å²) in [4.78, 5) is 2.45. The number of benzene rings is 1. The third-order valence-corrected chi connectivity index (χ3v) is 8.09. The van der Waals surface area contributed by atoms with Gasteiger partial charge in [0.2, 0.25) is 0 Å².